The highest BCUT2D eigenvalue weighted by Gasteiger charge is 2.19. The molecule has 0 aromatic heterocycles. The van der Waals surface area contributed by atoms with Crippen LogP contribution >= 0.6 is 0 Å². The Kier molecular flexibility index (Phi) is 69.6. The van der Waals surface area contributed by atoms with Crippen LogP contribution in [0.4, 0.5) is 0 Å². The number of hydrogen-bond donors (Lipinski definition) is 0. The molecule has 6 nitrogen and oxygen atoms in total. The minimum absolute atomic E-state index is 0.0734. The van der Waals surface area contributed by atoms with Crippen LogP contribution in [0.1, 0.15) is 406 Å². The lowest BCUT2D eigenvalue weighted by molar-refractivity contribution is -0.167. The third-order valence-electron chi connectivity index (χ3n) is 16.8. The minimum atomic E-state index is -0.780. The molecule has 0 aliphatic rings. The highest BCUT2D eigenvalue weighted by atomic mass is 16.6. The molecule has 0 aromatic carbocycles. The second-order valence-electron chi connectivity index (χ2n) is 25.2. The van der Waals surface area contributed by atoms with E-state index in [4.69, 9.17) is 14.2 Å². The molecule has 0 aliphatic heterocycles. The van der Waals surface area contributed by atoms with Gasteiger partial charge in [0.2, 0.25) is 0 Å². The van der Waals surface area contributed by atoms with Crippen LogP contribution in [0.2, 0.25) is 0 Å². The van der Waals surface area contributed by atoms with Crippen molar-refractivity contribution >= 4 is 17.9 Å². The lowest BCUT2D eigenvalue weighted by Crippen LogP contribution is -2.30. The van der Waals surface area contributed by atoms with Gasteiger partial charge in [0, 0.05) is 19.3 Å². The average molecular weight is 1160 g/mol. The maximum atomic E-state index is 13.0. The Bertz CT molecular complexity index is 1430. The van der Waals surface area contributed by atoms with Crippen molar-refractivity contribution in [3.8, 4) is 0 Å². The van der Waals surface area contributed by atoms with E-state index in [0.717, 1.165) is 77.0 Å². The topological polar surface area (TPSA) is 78.9 Å². The van der Waals surface area contributed by atoms with E-state index in [0.29, 0.717) is 19.3 Å². The monoisotopic (exact) mass is 1160 g/mol. The lowest BCUT2D eigenvalue weighted by Gasteiger charge is -2.18. The van der Waals surface area contributed by atoms with Gasteiger partial charge in [0.25, 0.3) is 0 Å². The fourth-order valence-electron chi connectivity index (χ4n) is 11.2. The van der Waals surface area contributed by atoms with Crippen LogP contribution in [0.15, 0.2) is 48.6 Å². The first-order valence-corrected chi connectivity index (χ1v) is 37.1. The summed E-state index contributed by atoms with van der Waals surface area (Å²) >= 11 is 0. The van der Waals surface area contributed by atoms with Crippen LogP contribution in [0.25, 0.3) is 0 Å². The molecule has 0 saturated carbocycles. The van der Waals surface area contributed by atoms with E-state index in [1.807, 2.05) is 0 Å². The largest absolute Gasteiger partial charge is 0.462 e. The number of ether oxygens (including phenoxy) is 3. The van der Waals surface area contributed by atoms with Crippen LogP contribution < -0.4 is 0 Å². The van der Waals surface area contributed by atoms with Gasteiger partial charge in [0.1, 0.15) is 13.2 Å². The summed E-state index contributed by atoms with van der Waals surface area (Å²) in [5, 5.41) is 0. The third kappa shape index (κ3) is 70.0. The predicted molar refractivity (Wildman–Crippen MR) is 362 cm³/mol. The highest BCUT2D eigenvalue weighted by Crippen LogP contribution is 2.19. The minimum Gasteiger partial charge on any atom is -0.462 e. The first kappa shape index (κ1) is 80.4. The van der Waals surface area contributed by atoms with E-state index in [1.54, 1.807) is 0 Å². The van der Waals surface area contributed by atoms with E-state index >= 15 is 0 Å². The number of allylic oxidation sites excluding steroid dienone is 8. The number of carbonyl (C=O) groups excluding carboxylic acids is 3. The summed E-state index contributed by atoms with van der Waals surface area (Å²) < 4.78 is 17.0. The van der Waals surface area contributed by atoms with Gasteiger partial charge in [-0.1, -0.05) is 352 Å². The van der Waals surface area contributed by atoms with Gasteiger partial charge < -0.3 is 14.2 Å². The van der Waals surface area contributed by atoms with Crippen molar-refractivity contribution < 1.29 is 28.6 Å². The molecule has 0 N–H and O–H groups in total. The van der Waals surface area contributed by atoms with Crippen molar-refractivity contribution in [2.45, 2.75) is 412 Å². The first-order valence-electron chi connectivity index (χ1n) is 37.1. The average Bonchev–Trinajstić information content (AvgIpc) is 3.50. The van der Waals surface area contributed by atoms with Crippen molar-refractivity contribution in [2.75, 3.05) is 13.2 Å². The quantitative estimate of drug-likeness (QED) is 0.0261. The number of carbonyl (C=O) groups is 3. The zero-order chi connectivity index (χ0) is 59.9. The maximum absolute atomic E-state index is 13.0. The van der Waals surface area contributed by atoms with Crippen molar-refractivity contribution in [1.82, 2.24) is 0 Å². The molecule has 0 spiro atoms. The molecular weight excluding hydrogens is 1020 g/mol. The standard InChI is InChI=1S/C77H142O6/c1-4-7-10-13-16-19-22-25-28-31-34-35-36-37-38-39-40-41-44-46-49-52-55-58-61-64-67-70-76(79)82-73-74(83-77(80)71-68-65-62-59-56-53-50-47-43-33-30-27-24-21-18-15-12-9-6-3)72-81-75(78)69-66-63-60-57-54-51-48-45-42-32-29-26-23-20-17-14-11-8-5-2/h18,21,27,30-31,34,43,47,74H,4-17,19-20,22-26,28-29,32-33,35-42,44-46,48-73H2,1-3H3/b21-18-,30-27-,34-31-,47-43-. The Morgan fingerprint density at radius 3 is 0.711 bits per heavy atom. The van der Waals surface area contributed by atoms with Gasteiger partial charge in [-0.2, -0.15) is 0 Å². The third-order valence-corrected chi connectivity index (χ3v) is 16.8. The number of rotatable bonds is 69. The van der Waals surface area contributed by atoms with Gasteiger partial charge in [-0.3, -0.25) is 14.4 Å². The summed E-state index contributed by atoms with van der Waals surface area (Å²) in [7, 11) is 0. The van der Waals surface area contributed by atoms with Crippen molar-refractivity contribution in [3.63, 3.8) is 0 Å². The van der Waals surface area contributed by atoms with E-state index < -0.39 is 6.10 Å². The number of unbranched alkanes of at least 4 members (excludes halogenated alkanes) is 50. The van der Waals surface area contributed by atoms with Gasteiger partial charge in [0.05, 0.1) is 0 Å². The summed E-state index contributed by atoms with van der Waals surface area (Å²) in [6.45, 7) is 6.68. The Balaban J connectivity index is 4.29. The van der Waals surface area contributed by atoms with Crippen LogP contribution in [0.3, 0.4) is 0 Å². The molecule has 83 heavy (non-hydrogen) atoms. The van der Waals surface area contributed by atoms with Gasteiger partial charge in [-0.05, 0) is 83.5 Å². The van der Waals surface area contributed by atoms with Gasteiger partial charge >= 0.3 is 17.9 Å². The molecule has 0 bridgehead atoms. The van der Waals surface area contributed by atoms with Crippen LogP contribution in [0, 0.1) is 0 Å². The van der Waals surface area contributed by atoms with E-state index in [9.17, 15) is 14.4 Å². The first-order chi connectivity index (χ1) is 41.0. The summed E-state index contributed by atoms with van der Waals surface area (Å²) in [5.74, 6) is -0.855. The zero-order valence-corrected chi connectivity index (χ0v) is 56.0. The van der Waals surface area contributed by atoms with E-state index in [2.05, 4.69) is 69.4 Å². The fraction of sp³-hybridized carbons (Fsp3) is 0.857. The second kappa shape index (κ2) is 71.8. The lowest BCUT2D eigenvalue weighted by atomic mass is 10.0. The maximum Gasteiger partial charge on any atom is 0.306 e. The number of esters is 3. The molecule has 0 aliphatic carbocycles. The molecule has 6 heteroatoms. The van der Waals surface area contributed by atoms with Gasteiger partial charge in [0.15, 0.2) is 6.10 Å². The zero-order valence-electron chi connectivity index (χ0n) is 56.0. The van der Waals surface area contributed by atoms with Crippen LogP contribution in [-0.4, -0.2) is 37.2 Å². The summed E-state index contributed by atoms with van der Waals surface area (Å²) in [6, 6.07) is 0. The Labute approximate surface area is 518 Å². The smallest absolute Gasteiger partial charge is 0.306 e. The molecule has 0 rings (SSSR count). The molecule has 0 heterocycles. The Morgan fingerprint density at radius 2 is 0.434 bits per heavy atom. The Hall–Kier alpha value is -2.63. The molecule has 0 saturated heterocycles. The van der Waals surface area contributed by atoms with Gasteiger partial charge in [-0.15, -0.1) is 0 Å². The summed E-state index contributed by atoms with van der Waals surface area (Å²) in [5.41, 5.74) is 0. The van der Waals surface area contributed by atoms with E-state index in [1.165, 1.54) is 289 Å². The predicted octanol–water partition coefficient (Wildman–Crippen LogP) is 25.7. The molecule has 486 valence electrons. The van der Waals surface area contributed by atoms with Crippen LogP contribution in [0.5, 0.6) is 0 Å². The van der Waals surface area contributed by atoms with Crippen molar-refractivity contribution in [1.29, 1.82) is 0 Å². The molecule has 0 radical (unpaired) electrons. The molecule has 1 atom stereocenters. The molecule has 0 fully saturated rings. The SMILES string of the molecule is CCCCC/C=C\C/C=C\C/C=C\CCCCCCCCC(=O)OC(COC(=O)CCCCCCCCCCCCCCCCC/C=C\CCCCCCCCCC)COC(=O)CCCCCCCCCCCCCCCCCCCCC. The Morgan fingerprint density at radius 1 is 0.241 bits per heavy atom. The summed E-state index contributed by atoms with van der Waals surface area (Å²) in [6.07, 6.45) is 91.4. The molecule has 1 unspecified atom stereocenters. The van der Waals surface area contributed by atoms with Crippen molar-refractivity contribution in [3.05, 3.63) is 48.6 Å². The number of hydrogen-bond acceptors (Lipinski definition) is 6. The molecule has 0 amide bonds. The van der Waals surface area contributed by atoms with Crippen LogP contribution in [-0.2, 0) is 28.6 Å². The fourth-order valence-corrected chi connectivity index (χ4v) is 11.2. The molecular formula is C77H142O6. The van der Waals surface area contributed by atoms with Crippen molar-refractivity contribution in [2.24, 2.45) is 0 Å². The normalized spacial score (nSPS) is 12.3. The summed E-state index contributed by atoms with van der Waals surface area (Å²) in [4.78, 5) is 38.5. The molecule has 0 aromatic rings. The van der Waals surface area contributed by atoms with E-state index in [-0.39, 0.29) is 31.1 Å². The van der Waals surface area contributed by atoms with Gasteiger partial charge in [-0.25, -0.2) is 0 Å². The second-order valence-corrected chi connectivity index (χ2v) is 25.2. The highest BCUT2D eigenvalue weighted by molar-refractivity contribution is 5.71.